The van der Waals surface area contributed by atoms with Crippen molar-refractivity contribution in [3.63, 3.8) is 0 Å². The van der Waals surface area contributed by atoms with Crippen LogP contribution in [-0.4, -0.2) is 50.1 Å². The molecule has 0 radical (unpaired) electrons. The van der Waals surface area contributed by atoms with Crippen LogP contribution in [0.15, 0.2) is 30.3 Å². The second kappa shape index (κ2) is 6.61. The zero-order chi connectivity index (χ0) is 15.4. The fraction of sp³-hybridized carbons (Fsp3) is 0.500. The molecule has 114 valence electrons. The van der Waals surface area contributed by atoms with Crippen molar-refractivity contribution in [1.29, 1.82) is 0 Å². The highest BCUT2D eigenvalue weighted by Crippen LogP contribution is 2.21. The Kier molecular flexibility index (Phi) is 4.83. The minimum Gasteiger partial charge on any atom is -0.469 e. The molecule has 2 unspecified atom stereocenters. The largest absolute Gasteiger partial charge is 0.469 e. The number of nitrogens with zero attached hydrogens (tertiary/aromatic N) is 2. The van der Waals surface area contributed by atoms with Crippen LogP contribution in [0.25, 0.3) is 0 Å². The van der Waals surface area contributed by atoms with E-state index in [1.165, 1.54) is 7.11 Å². The van der Waals surface area contributed by atoms with Crippen molar-refractivity contribution < 1.29 is 14.3 Å². The number of para-hydroxylation sites is 1. The molecule has 21 heavy (non-hydrogen) atoms. The van der Waals surface area contributed by atoms with E-state index in [2.05, 4.69) is 11.8 Å². The lowest BCUT2D eigenvalue weighted by Gasteiger charge is -2.30. The highest BCUT2D eigenvalue weighted by Gasteiger charge is 2.35. The van der Waals surface area contributed by atoms with Gasteiger partial charge in [-0.05, 0) is 19.1 Å². The van der Waals surface area contributed by atoms with Gasteiger partial charge >= 0.3 is 5.97 Å². The van der Waals surface area contributed by atoms with Crippen molar-refractivity contribution in [2.24, 2.45) is 5.92 Å². The maximum Gasteiger partial charge on any atom is 0.310 e. The standard InChI is InChI=1S/C16H22N2O3/c1-12(17(2)14-7-5-4-6-8-14)10-18-11-13(9-15(18)19)16(20)21-3/h4-8,12-13H,9-11H2,1-3H3. The third-order valence-electron chi connectivity index (χ3n) is 4.06. The van der Waals surface area contributed by atoms with Crippen LogP contribution in [0, 0.1) is 5.92 Å². The number of esters is 1. The van der Waals surface area contributed by atoms with Crippen molar-refractivity contribution in [3.8, 4) is 0 Å². The minimum absolute atomic E-state index is 0.0266. The normalized spacial score (nSPS) is 19.5. The first-order valence-corrected chi connectivity index (χ1v) is 7.16. The molecule has 2 atom stereocenters. The lowest BCUT2D eigenvalue weighted by molar-refractivity contribution is -0.145. The van der Waals surface area contributed by atoms with Crippen LogP contribution in [0.3, 0.4) is 0 Å². The third kappa shape index (κ3) is 3.54. The molecule has 1 fully saturated rings. The van der Waals surface area contributed by atoms with E-state index in [1.54, 1.807) is 4.90 Å². The molecule has 5 heteroatoms. The summed E-state index contributed by atoms with van der Waals surface area (Å²) in [7, 11) is 3.37. The van der Waals surface area contributed by atoms with Crippen LogP contribution in [0.2, 0.25) is 0 Å². The average molecular weight is 290 g/mol. The van der Waals surface area contributed by atoms with Gasteiger partial charge in [0.05, 0.1) is 13.0 Å². The van der Waals surface area contributed by atoms with Gasteiger partial charge in [0.15, 0.2) is 0 Å². The molecule has 0 bridgehead atoms. The van der Waals surface area contributed by atoms with Crippen LogP contribution in [0.5, 0.6) is 0 Å². The number of rotatable bonds is 5. The number of anilines is 1. The van der Waals surface area contributed by atoms with Crippen LogP contribution >= 0.6 is 0 Å². The van der Waals surface area contributed by atoms with Gasteiger partial charge in [-0.2, -0.15) is 0 Å². The molecule has 1 aromatic carbocycles. The number of likely N-dealkylation sites (N-methyl/N-ethyl adjacent to an activating group) is 1. The van der Waals surface area contributed by atoms with Crippen LogP contribution < -0.4 is 4.90 Å². The third-order valence-corrected chi connectivity index (χ3v) is 4.06. The monoisotopic (exact) mass is 290 g/mol. The van der Waals surface area contributed by atoms with E-state index in [9.17, 15) is 9.59 Å². The van der Waals surface area contributed by atoms with E-state index in [0.717, 1.165) is 5.69 Å². The Morgan fingerprint density at radius 3 is 2.71 bits per heavy atom. The van der Waals surface area contributed by atoms with E-state index in [0.29, 0.717) is 13.1 Å². The molecule has 5 nitrogen and oxygen atoms in total. The molecule has 0 spiro atoms. The summed E-state index contributed by atoms with van der Waals surface area (Å²) in [5.74, 6) is -0.592. The molecule has 1 saturated heterocycles. The Morgan fingerprint density at radius 2 is 2.10 bits per heavy atom. The summed E-state index contributed by atoms with van der Waals surface area (Å²) in [6.45, 7) is 3.14. The Hall–Kier alpha value is -2.04. The fourth-order valence-electron chi connectivity index (χ4n) is 2.63. The molecule has 1 amide bonds. The van der Waals surface area contributed by atoms with E-state index in [1.807, 2.05) is 37.4 Å². The smallest absolute Gasteiger partial charge is 0.310 e. The van der Waals surface area contributed by atoms with Gasteiger partial charge in [-0.1, -0.05) is 18.2 Å². The van der Waals surface area contributed by atoms with Crippen molar-refractivity contribution in [3.05, 3.63) is 30.3 Å². The second-order valence-corrected chi connectivity index (χ2v) is 5.52. The van der Waals surface area contributed by atoms with Crippen LogP contribution in [0.1, 0.15) is 13.3 Å². The van der Waals surface area contributed by atoms with E-state index < -0.39 is 0 Å². The molecule has 1 aliphatic heterocycles. The predicted octanol–water partition coefficient (Wildman–Crippen LogP) is 1.53. The first-order chi connectivity index (χ1) is 10.0. The Bertz CT molecular complexity index is 504. The number of carbonyl (C=O) groups is 2. The SMILES string of the molecule is COC(=O)C1CC(=O)N(CC(C)N(C)c2ccccc2)C1. The number of methoxy groups -OCH3 is 1. The molecule has 1 aromatic rings. The number of benzene rings is 1. The second-order valence-electron chi connectivity index (χ2n) is 5.52. The zero-order valence-electron chi connectivity index (χ0n) is 12.8. The predicted molar refractivity (Wildman–Crippen MR) is 81.0 cm³/mol. The molecule has 1 heterocycles. The Labute approximate surface area is 125 Å². The molecule has 0 aliphatic carbocycles. The molecule has 2 rings (SSSR count). The quantitative estimate of drug-likeness (QED) is 0.772. The average Bonchev–Trinajstić information content (AvgIpc) is 2.87. The van der Waals surface area contributed by atoms with Gasteiger partial charge in [0.2, 0.25) is 5.91 Å². The maximum absolute atomic E-state index is 12.0. The number of amides is 1. The highest BCUT2D eigenvalue weighted by molar-refractivity contribution is 5.86. The van der Waals surface area contributed by atoms with Gasteiger partial charge < -0.3 is 14.5 Å². The highest BCUT2D eigenvalue weighted by atomic mass is 16.5. The number of hydrogen-bond acceptors (Lipinski definition) is 4. The summed E-state index contributed by atoms with van der Waals surface area (Å²) in [4.78, 5) is 27.4. The van der Waals surface area contributed by atoms with Crippen LogP contribution in [0.4, 0.5) is 5.69 Å². The van der Waals surface area contributed by atoms with E-state index in [4.69, 9.17) is 4.74 Å². The van der Waals surface area contributed by atoms with Gasteiger partial charge in [0.25, 0.3) is 0 Å². The van der Waals surface area contributed by atoms with E-state index >= 15 is 0 Å². The number of hydrogen-bond donors (Lipinski definition) is 0. The summed E-state index contributed by atoms with van der Waals surface area (Å²) >= 11 is 0. The molecular formula is C16H22N2O3. The van der Waals surface area contributed by atoms with Gasteiger partial charge in [-0.3, -0.25) is 9.59 Å². The van der Waals surface area contributed by atoms with Gasteiger partial charge in [-0.15, -0.1) is 0 Å². The minimum atomic E-state index is -0.322. The van der Waals surface area contributed by atoms with Crippen molar-refractivity contribution in [2.75, 3.05) is 32.1 Å². The molecule has 0 N–H and O–H groups in total. The van der Waals surface area contributed by atoms with Crippen molar-refractivity contribution >= 4 is 17.6 Å². The summed E-state index contributed by atoms with van der Waals surface area (Å²) in [5.41, 5.74) is 1.11. The number of ether oxygens (including phenoxy) is 1. The molecule has 1 aliphatic rings. The maximum atomic E-state index is 12.0. The lowest BCUT2D eigenvalue weighted by Crippen LogP contribution is -2.41. The van der Waals surface area contributed by atoms with Gasteiger partial charge in [0, 0.05) is 38.3 Å². The molecular weight excluding hydrogens is 268 g/mol. The number of likely N-dealkylation sites (tertiary alicyclic amines) is 1. The lowest BCUT2D eigenvalue weighted by atomic mass is 10.1. The summed E-state index contributed by atoms with van der Waals surface area (Å²) < 4.78 is 4.72. The topological polar surface area (TPSA) is 49.9 Å². The van der Waals surface area contributed by atoms with Crippen LogP contribution in [-0.2, 0) is 14.3 Å². The van der Waals surface area contributed by atoms with Crippen molar-refractivity contribution in [1.82, 2.24) is 4.90 Å². The van der Waals surface area contributed by atoms with Crippen molar-refractivity contribution in [2.45, 2.75) is 19.4 Å². The van der Waals surface area contributed by atoms with Gasteiger partial charge in [0.1, 0.15) is 0 Å². The van der Waals surface area contributed by atoms with E-state index in [-0.39, 0.29) is 30.3 Å². The summed E-state index contributed by atoms with van der Waals surface area (Å²) in [5, 5.41) is 0. The first-order valence-electron chi connectivity index (χ1n) is 7.16. The number of carbonyl (C=O) groups excluding carboxylic acids is 2. The Morgan fingerprint density at radius 1 is 1.43 bits per heavy atom. The Balaban J connectivity index is 1.95. The fourth-order valence-corrected chi connectivity index (χ4v) is 2.63. The summed E-state index contributed by atoms with van der Waals surface area (Å²) in [6, 6.07) is 10.2. The first kappa shape index (κ1) is 15.4. The summed E-state index contributed by atoms with van der Waals surface area (Å²) in [6.07, 6.45) is 0.258. The zero-order valence-corrected chi connectivity index (χ0v) is 12.8. The molecule has 0 saturated carbocycles. The molecule has 0 aromatic heterocycles. The van der Waals surface area contributed by atoms with Gasteiger partial charge in [-0.25, -0.2) is 0 Å².